The zero-order valence-electron chi connectivity index (χ0n) is 10.6. The Balaban J connectivity index is 2.60. The van der Waals surface area contributed by atoms with E-state index in [9.17, 15) is 9.59 Å². The molecular formula is C12H18N4O2. The molecular weight excluding hydrogens is 232 g/mol. The first-order chi connectivity index (χ1) is 8.56. The van der Waals surface area contributed by atoms with Gasteiger partial charge in [0, 0.05) is 12.7 Å². The van der Waals surface area contributed by atoms with E-state index in [4.69, 9.17) is 5.73 Å². The maximum Gasteiger partial charge on any atom is 0.254 e. The van der Waals surface area contributed by atoms with Crippen molar-refractivity contribution in [3.05, 3.63) is 24.0 Å². The van der Waals surface area contributed by atoms with Crippen LogP contribution in [0.4, 0.5) is 5.69 Å². The first-order valence-electron chi connectivity index (χ1n) is 5.84. The van der Waals surface area contributed by atoms with Crippen LogP contribution in [0.25, 0.3) is 0 Å². The van der Waals surface area contributed by atoms with Gasteiger partial charge >= 0.3 is 0 Å². The highest BCUT2D eigenvalue weighted by atomic mass is 16.2. The molecule has 1 unspecified atom stereocenters. The fourth-order valence-corrected chi connectivity index (χ4v) is 1.35. The fraction of sp³-hybridized carbons (Fsp3) is 0.417. The van der Waals surface area contributed by atoms with E-state index >= 15 is 0 Å². The van der Waals surface area contributed by atoms with Gasteiger partial charge in [0.15, 0.2) is 0 Å². The predicted molar refractivity (Wildman–Crippen MR) is 68.9 cm³/mol. The van der Waals surface area contributed by atoms with Crippen molar-refractivity contribution in [2.45, 2.75) is 26.3 Å². The summed E-state index contributed by atoms with van der Waals surface area (Å²) in [5.74, 6) is -0.591. The van der Waals surface area contributed by atoms with E-state index in [2.05, 4.69) is 15.6 Å². The van der Waals surface area contributed by atoms with Gasteiger partial charge in [-0.2, -0.15) is 0 Å². The largest absolute Gasteiger partial charge is 0.397 e. The molecule has 0 aromatic carbocycles. The highest BCUT2D eigenvalue weighted by Gasteiger charge is 2.17. The van der Waals surface area contributed by atoms with E-state index in [1.807, 2.05) is 6.92 Å². The van der Waals surface area contributed by atoms with Gasteiger partial charge in [0.2, 0.25) is 5.91 Å². The van der Waals surface area contributed by atoms with Gasteiger partial charge < -0.3 is 16.4 Å². The molecule has 0 radical (unpaired) electrons. The summed E-state index contributed by atoms with van der Waals surface area (Å²) >= 11 is 0. The van der Waals surface area contributed by atoms with Crippen molar-refractivity contribution < 1.29 is 9.59 Å². The van der Waals surface area contributed by atoms with Crippen molar-refractivity contribution in [2.75, 3.05) is 12.3 Å². The number of aromatic nitrogens is 1. The Morgan fingerprint density at radius 2 is 2.22 bits per heavy atom. The number of nitrogens with two attached hydrogens (primary N) is 1. The number of hydrogen-bond donors (Lipinski definition) is 3. The zero-order chi connectivity index (χ0) is 13.5. The molecule has 1 aromatic heterocycles. The second kappa shape index (κ2) is 6.58. The lowest BCUT2D eigenvalue weighted by atomic mass is 10.2. The molecule has 0 aliphatic rings. The average Bonchev–Trinajstić information content (AvgIpc) is 2.36. The van der Waals surface area contributed by atoms with E-state index in [0.29, 0.717) is 12.1 Å². The van der Waals surface area contributed by atoms with Gasteiger partial charge in [0.1, 0.15) is 6.04 Å². The Kier molecular flexibility index (Phi) is 5.10. The summed E-state index contributed by atoms with van der Waals surface area (Å²) in [5, 5.41) is 5.29. The molecule has 0 saturated carbocycles. The first-order valence-corrected chi connectivity index (χ1v) is 5.84. The number of anilines is 1. The van der Waals surface area contributed by atoms with Crippen LogP contribution in [0.3, 0.4) is 0 Å². The van der Waals surface area contributed by atoms with E-state index in [0.717, 1.165) is 6.42 Å². The Hall–Kier alpha value is -2.11. The predicted octanol–water partition coefficient (Wildman–Crippen LogP) is 0.308. The summed E-state index contributed by atoms with van der Waals surface area (Å²) < 4.78 is 0. The molecule has 18 heavy (non-hydrogen) atoms. The summed E-state index contributed by atoms with van der Waals surface area (Å²) in [7, 11) is 0. The van der Waals surface area contributed by atoms with Crippen LogP contribution in [0.1, 0.15) is 30.6 Å². The van der Waals surface area contributed by atoms with Crippen molar-refractivity contribution in [3.63, 3.8) is 0 Å². The van der Waals surface area contributed by atoms with E-state index in [1.165, 1.54) is 18.5 Å². The summed E-state index contributed by atoms with van der Waals surface area (Å²) in [4.78, 5) is 27.2. The molecule has 1 heterocycles. The third kappa shape index (κ3) is 3.73. The van der Waals surface area contributed by atoms with Crippen molar-refractivity contribution in [1.29, 1.82) is 0 Å². The molecule has 6 nitrogen and oxygen atoms in total. The number of hydrogen-bond acceptors (Lipinski definition) is 4. The van der Waals surface area contributed by atoms with Gasteiger partial charge in [0.05, 0.1) is 17.4 Å². The molecule has 0 aliphatic carbocycles. The van der Waals surface area contributed by atoms with Gasteiger partial charge in [-0.3, -0.25) is 14.6 Å². The number of carbonyl (C=O) groups is 2. The lowest BCUT2D eigenvalue weighted by Gasteiger charge is -2.14. The molecule has 1 rings (SSSR count). The molecule has 1 atom stereocenters. The Morgan fingerprint density at radius 3 is 2.83 bits per heavy atom. The minimum Gasteiger partial charge on any atom is -0.397 e. The van der Waals surface area contributed by atoms with Crippen molar-refractivity contribution in [1.82, 2.24) is 15.6 Å². The van der Waals surface area contributed by atoms with Crippen LogP contribution in [0.2, 0.25) is 0 Å². The van der Waals surface area contributed by atoms with Crippen LogP contribution in [-0.2, 0) is 4.79 Å². The smallest absolute Gasteiger partial charge is 0.254 e. The summed E-state index contributed by atoms with van der Waals surface area (Å²) in [6.07, 6.45) is 3.73. The zero-order valence-corrected chi connectivity index (χ0v) is 10.6. The minimum atomic E-state index is -0.600. The molecule has 0 aliphatic heterocycles. The Labute approximate surface area is 106 Å². The molecule has 0 saturated heterocycles. The number of nitrogen functional groups attached to an aromatic ring is 1. The quantitative estimate of drug-likeness (QED) is 0.700. The molecule has 6 heteroatoms. The van der Waals surface area contributed by atoms with Gasteiger partial charge in [-0.25, -0.2) is 0 Å². The fourth-order valence-electron chi connectivity index (χ4n) is 1.35. The monoisotopic (exact) mass is 250 g/mol. The number of nitrogens with zero attached hydrogens (tertiary/aromatic N) is 1. The van der Waals surface area contributed by atoms with Crippen LogP contribution < -0.4 is 16.4 Å². The van der Waals surface area contributed by atoms with Crippen molar-refractivity contribution in [3.8, 4) is 0 Å². The van der Waals surface area contributed by atoms with E-state index in [1.54, 1.807) is 6.92 Å². The Morgan fingerprint density at radius 1 is 1.50 bits per heavy atom. The molecule has 1 aromatic rings. The van der Waals surface area contributed by atoms with Gasteiger partial charge in [-0.05, 0) is 19.4 Å². The number of amides is 2. The van der Waals surface area contributed by atoms with Crippen LogP contribution in [0.5, 0.6) is 0 Å². The second-order valence-electron chi connectivity index (χ2n) is 3.95. The molecule has 0 fully saturated rings. The number of carbonyl (C=O) groups excluding carboxylic acids is 2. The molecule has 0 bridgehead atoms. The average molecular weight is 250 g/mol. The standard InChI is InChI=1S/C12H18N4O2/c1-3-5-15-11(17)8(2)16-12(18)9-4-6-14-7-10(9)13/h4,6-8H,3,5,13H2,1-2H3,(H,15,17)(H,16,18). The van der Waals surface area contributed by atoms with Gasteiger partial charge in [-0.15, -0.1) is 0 Å². The number of nitrogens with one attached hydrogen (secondary N) is 2. The van der Waals surface area contributed by atoms with Crippen LogP contribution in [-0.4, -0.2) is 29.4 Å². The highest BCUT2D eigenvalue weighted by molar-refractivity contribution is 6.01. The van der Waals surface area contributed by atoms with E-state index in [-0.39, 0.29) is 17.5 Å². The van der Waals surface area contributed by atoms with Crippen molar-refractivity contribution in [2.24, 2.45) is 0 Å². The topological polar surface area (TPSA) is 97.1 Å². The number of rotatable bonds is 5. The maximum absolute atomic E-state index is 11.9. The molecule has 2 amide bonds. The van der Waals surface area contributed by atoms with Gasteiger partial charge in [-0.1, -0.05) is 6.92 Å². The Bertz CT molecular complexity index is 434. The summed E-state index contributed by atoms with van der Waals surface area (Å²) in [6.45, 7) is 4.18. The summed E-state index contributed by atoms with van der Waals surface area (Å²) in [5.41, 5.74) is 6.24. The van der Waals surface area contributed by atoms with Crippen LogP contribution in [0, 0.1) is 0 Å². The van der Waals surface area contributed by atoms with Crippen LogP contribution >= 0.6 is 0 Å². The second-order valence-corrected chi connectivity index (χ2v) is 3.95. The third-order valence-electron chi connectivity index (χ3n) is 2.39. The van der Waals surface area contributed by atoms with E-state index < -0.39 is 6.04 Å². The number of pyridine rings is 1. The molecule has 4 N–H and O–H groups in total. The SMILES string of the molecule is CCCNC(=O)C(C)NC(=O)c1ccncc1N. The maximum atomic E-state index is 11.9. The molecule has 0 spiro atoms. The normalized spacial score (nSPS) is 11.7. The third-order valence-corrected chi connectivity index (χ3v) is 2.39. The minimum absolute atomic E-state index is 0.210. The molecule has 98 valence electrons. The first kappa shape index (κ1) is 14.0. The lowest BCUT2D eigenvalue weighted by molar-refractivity contribution is -0.122. The lowest BCUT2D eigenvalue weighted by Crippen LogP contribution is -2.45. The van der Waals surface area contributed by atoms with Crippen LogP contribution in [0.15, 0.2) is 18.5 Å². The van der Waals surface area contributed by atoms with Gasteiger partial charge in [0.25, 0.3) is 5.91 Å². The van der Waals surface area contributed by atoms with Crippen molar-refractivity contribution >= 4 is 17.5 Å². The summed E-state index contributed by atoms with van der Waals surface area (Å²) in [6, 6.07) is 0.915. The highest BCUT2D eigenvalue weighted by Crippen LogP contribution is 2.08.